The van der Waals surface area contributed by atoms with Gasteiger partial charge in [-0.2, -0.15) is 5.10 Å². The molecule has 3 rings (SSSR count). The molecule has 1 aliphatic rings. The van der Waals surface area contributed by atoms with Crippen molar-refractivity contribution in [3.05, 3.63) is 23.1 Å². The minimum Gasteiger partial charge on any atom is -0.507 e. The molecule has 9 heteroatoms. The lowest BCUT2D eigenvalue weighted by Gasteiger charge is -2.23. The van der Waals surface area contributed by atoms with Crippen LogP contribution in [0.4, 0.5) is 0 Å². The van der Waals surface area contributed by atoms with Crippen LogP contribution in [0.3, 0.4) is 0 Å². The van der Waals surface area contributed by atoms with Crippen molar-refractivity contribution in [3.63, 3.8) is 0 Å². The Kier molecular flexibility index (Phi) is 5.84. The molecule has 0 saturated heterocycles. The van der Waals surface area contributed by atoms with E-state index in [1.165, 1.54) is 6.42 Å². The molecule has 0 unspecified atom stereocenters. The van der Waals surface area contributed by atoms with Crippen LogP contribution in [0, 0.1) is 6.92 Å². The number of aliphatic carboxylic acids is 1. The summed E-state index contributed by atoms with van der Waals surface area (Å²) in [6.45, 7) is 1.19. The molecular weight excluding hydrogens is 348 g/mol. The van der Waals surface area contributed by atoms with Gasteiger partial charge in [-0.05, 0) is 19.8 Å². The van der Waals surface area contributed by atoms with Crippen LogP contribution in [0.2, 0.25) is 0 Å². The van der Waals surface area contributed by atoms with Crippen molar-refractivity contribution in [1.29, 1.82) is 0 Å². The number of carbonyl (C=O) groups excluding carboxylic acids is 1. The minimum atomic E-state index is -1.16. The number of fused-ring (bicyclic) bond motifs is 1. The van der Waals surface area contributed by atoms with E-state index in [1.807, 2.05) is 0 Å². The van der Waals surface area contributed by atoms with Gasteiger partial charge in [0.05, 0.1) is 5.69 Å². The number of aromatic nitrogens is 3. The Morgan fingerprint density at radius 3 is 2.64 bits per heavy atom. The fourth-order valence-corrected chi connectivity index (χ4v) is 3.30. The molecule has 25 heavy (non-hydrogen) atoms. The second-order valence-electron chi connectivity index (χ2n) is 6.14. The maximum Gasteiger partial charge on any atom is 0.322 e. The van der Waals surface area contributed by atoms with E-state index >= 15 is 0 Å². The third kappa shape index (κ3) is 3.84. The maximum atomic E-state index is 12.3. The van der Waals surface area contributed by atoms with Crippen LogP contribution in [-0.2, 0) is 4.79 Å². The van der Waals surface area contributed by atoms with E-state index in [0.29, 0.717) is 5.82 Å². The van der Waals surface area contributed by atoms with E-state index in [4.69, 9.17) is 5.11 Å². The number of carboxylic acid groups (broad SMARTS) is 1. The van der Waals surface area contributed by atoms with Crippen molar-refractivity contribution in [2.75, 3.05) is 6.54 Å². The number of halogens is 1. The van der Waals surface area contributed by atoms with Crippen LogP contribution in [0.15, 0.2) is 6.07 Å². The monoisotopic (exact) mass is 368 g/mol. The van der Waals surface area contributed by atoms with Crippen LogP contribution in [-0.4, -0.2) is 43.2 Å². The van der Waals surface area contributed by atoms with Crippen molar-refractivity contribution in [2.45, 2.75) is 44.9 Å². The molecule has 0 aliphatic heterocycles. The first-order chi connectivity index (χ1) is 11.5. The number of nitrogens with one attached hydrogen (secondary N) is 1. The van der Waals surface area contributed by atoms with Gasteiger partial charge in [-0.3, -0.25) is 9.59 Å². The predicted molar refractivity (Wildman–Crippen MR) is 92.4 cm³/mol. The van der Waals surface area contributed by atoms with Gasteiger partial charge in [0.15, 0.2) is 5.65 Å². The molecule has 1 amide bonds. The zero-order chi connectivity index (χ0) is 17.3. The highest BCUT2D eigenvalue weighted by Gasteiger charge is 2.25. The highest BCUT2D eigenvalue weighted by atomic mass is 35.5. The summed E-state index contributed by atoms with van der Waals surface area (Å²) in [4.78, 5) is 27.2. The first-order valence-electron chi connectivity index (χ1n) is 8.06. The maximum absolute atomic E-state index is 12.3. The number of rotatable bonds is 4. The lowest BCUT2D eigenvalue weighted by molar-refractivity contribution is -0.135. The summed E-state index contributed by atoms with van der Waals surface area (Å²) in [5, 5.41) is 25.7. The lowest BCUT2D eigenvalue weighted by atomic mass is 9.86. The number of hydrogen-bond donors (Lipinski definition) is 3. The Labute approximate surface area is 150 Å². The third-order valence-electron chi connectivity index (χ3n) is 4.37. The van der Waals surface area contributed by atoms with E-state index in [9.17, 15) is 14.7 Å². The van der Waals surface area contributed by atoms with Crippen LogP contribution < -0.4 is 5.32 Å². The average molecular weight is 369 g/mol. The van der Waals surface area contributed by atoms with Crippen LogP contribution in [0.5, 0.6) is 5.75 Å². The molecule has 1 aliphatic carbocycles. The number of carbonyl (C=O) groups is 2. The highest BCUT2D eigenvalue weighted by molar-refractivity contribution is 6.03. The van der Waals surface area contributed by atoms with Gasteiger partial charge in [-0.15, -0.1) is 12.4 Å². The van der Waals surface area contributed by atoms with Crippen LogP contribution in [0.1, 0.15) is 59.9 Å². The van der Waals surface area contributed by atoms with Crippen molar-refractivity contribution < 1.29 is 19.8 Å². The summed E-state index contributed by atoms with van der Waals surface area (Å²) < 4.78 is 1.61. The largest absolute Gasteiger partial charge is 0.507 e. The van der Waals surface area contributed by atoms with Gasteiger partial charge in [0, 0.05) is 12.0 Å². The first kappa shape index (κ1) is 19.0. The average Bonchev–Trinajstić information content (AvgIpc) is 2.93. The standard InChI is InChI=1S/C16H20N4O4.ClH/c1-9-18-15-14(16(24)17-8-13(22)23)12(21)7-11(20(15)19-9)10-5-3-2-4-6-10;/h7,10,21H,2-6,8H2,1H3,(H,17,24)(H,22,23);1H. The number of aromatic hydroxyl groups is 1. The van der Waals surface area contributed by atoms with E-state index in [2.05, 4.69) is 15.4 Å². The zero-order valence-electron chi connectivity index (χ0n) is 13.9. The fourth-order valence-electron chi connectivity index (χ4n) is 3.30. The van der Waals surface area contributed by atoms with Gasteiger partial charge in [-0.25, -0.2) is 9.50 Å². The summed E-state index contributed by atoms with van der Waals surface area (Å²) in [5.74, 6) is -1.27. The van der Waals surface area contributed by atoms with Crippen molar-refractivity contribution in [2.24, 2.45) is 0 Å². The molecule has 0 radical (unpaired) electrons. The van der Waals surface area contributed by atoms with Gasteiger partial charge in [-0.1, -0.05) is 19.3 Å². The van der Waals surface area contributed by atoms with Crippen molar-refractivity contribution in [3.8, 4) is 5.75 Å². The number of amides is 1. The van der Waals surface area contributed by atoms with E-state index in [1.54, 1.807) is 17.5 Å². The van der Waals surface area contributed by atoms with E-state index in [0.717, 1.165) is 31.4 Å². The summed E-state index contributed by atoms with van der Waals surface area (Å²) in [7, 11) is 0. The van der Waals surface area contributed by atoms with Gasteiger partial charge in [0.1, 0.15) is 23.7 Å². The highest BCUT2D eigenvalue weighted by Crippen LogP contribution is 2.35. The Balaban J connectivity index is 0.00000225. The molecule has 0 bridgehead atoms. The van der Waals surface area contributed by atoms with Gasteiger partial charge >= 0.3 is 5.97 Å². The first-order valence-corrected chi connectivity index (χ1v) is 8.06. The second kappa shape index (κ2) is 7.69. The SMILES string of the molecule is Cc1nc2c(C(=O)NCC(=O)O)c(O)cc(C3CCCCC3)n2n1.Cl. The number of aryl methyl sites for hydroxylation is 1. The molecule has 1 saturated carbocycles. The normalized spacial score (nSPS) is 14.9. The topological polar surface area (TPSA) is 117 Å². The molecule has 8 nitrogen and oxygen atoms in total. The molecule has 0 aromatic carbocycles. The Morgan fingerprint density at radius 1 is 1.32 bits per heavy atom. The molecule has 3 N–H and O–H groups in total. The number of carboxylic acids is 1. The number of hydrogen-bond acceptors (Lipinski definition) is 5. The van der Waals surface area contributed by atoms with Crippen LogP contribution in [0.25, 0.3) is 5.65 Å². The summed E-state index contributed by atoms with van der Waals surface area (Å²) in [5.41, 5.74) is 1.06. The number of nitrogens with zero attached hydrogens (tertiary/aromatic N) is 3. The van der Waals surface area contributed by atoms with Gasteiger partial charge in [0.2, 0.25) is 0 Å². The minimum absolute atomic E-state index is 0. The van der Waals surface area contributed by atoms with Crippen LogP contribution >= 0.6 is 12.4 Å². The predicted octanol–water partition coefficient (Wildman–Crippen LogP) is 2.03. The smallest absolute Gasteiger partial charge is 0.322 e. The summed E-state index contributed by atoms with van der Waals surface area (Å²) >= 11 is 0. The number of pyridine rings is 1. The van der Waals surface area contributed by atoms with Crippen molar-refractivity contribution >= 4 is 29.9 Å². The van der Waals surface area contributed by atoms with Gasteiger partial charge < -0.3 is 15.5 Å². The Morgan fingerprint density at radius 2 is 2.00 bits per heavy atom. The zero-order valence-corrected chi connectivity index (χ0v) is 14.7. The van der Waals surface area contributed by atoms with E-state index < -0.39 is 18.4 Å². The third-order valence-corrected chi connectivity index (χ3v) is 4.37. The molecule has 2 aromatic heterocycles. The van der Waals surface area contributed by atoms with Gasteiger partial charge in [0.25, 0.3) is 5.91 Å². The lowest BCUT2D eigenvalue weighted by Crippen LogP contribution is -2.30. The van der Waals surface area contributed by atoms with E-state index in [-0.39, 0.29) is 35.3 Å². The fraction of sp³-hybridized carbons (Fsp3) is 0.500. The molecule has 0 atom stereocenters. The molecule has 1 fully saturated rings. The molecule has 2 heterocycles. The quantitative estimate of drug-likeness (QED) is 0.760. The second-order valence-corrected chi connectivity index (χ2v) is 6.14. The molecular formula is C16H21ClN4O4. The Hall–Kier alpha value is -2.35. The molecule has 2 aromatic rings. The Bertz CT molecular complexity index is 799. The molecule has 136 valence electrons. The summed E-state index contributed by atoms with van der Waals surface area (Å²) in [6.07, 6.45) is 5.48. The van der Waals surface area contributed by atoms with Crippen molar-refractivity contribution in [1.82, 2.24) is 19.9 Å². The summed E-state index contributed by atoms with van der Waals surface area (Å²) in [6, 6.07) is 1.56. The molecule has 0 spiro atoms.